The highest BCUT2D eigenvalue weighted by Crippen LogP contribution is 2.22. The van der Waals surface area contributed by atoms with Gasteiger partial charge < -0.3 is 5.73 Å². The molecule has 3 aromatic rings. The zero-order valence-electron chi connectivity index (χ0n) is 11.2. The number of rotatable bonds is 3. The average molecular weight is 255 g/mol. The minimum atomic E-state index is 0.617. The van der Waals surface area contributed by atoms with Crippen LogP contribution < -0.4 is 5.73 Å². The van der Waals surface area contributed by atoms with Crippen molar-refractivity contribution >= 4 is 11.0 Å². The fourth-order valence-corrected chi connectivity index (χ4v) is 2.56. The third-order valence-corrected chi connectivity index (χ3v) is 3.39. The standard InChI is InChI=1S/C14H17N5/c1-10-11(7-8-15)14(18(2)17-10)19-9-16-12-5-3-4-6-13(12)19/h3-6,9H,7-8,15H2,1-2H3. The number of aryl methyl sites for hydroxylation is 2. The van der Waals surface area contributed by atoms with E-state index in [2.05, 4.69) is 20.7 Å². The Morgan fingerprint density at radius 3 is 2.84 bits per heavy atom. The first-order valence-corrected chi connectivity index (χ1v) is 6.37. The minimum absolute atomic E-state index is 0.617. The van der Waals surface area contributed by atoms with E-state index in [4.69, 9.17) is 5.73 Å². The van der Waals surface area contributed by atoms with Crippen molar-refractivity contribution in [2.45, 2.75) is 13.3 Å². The van der Waals surface area contributed by atoms with Crippen molar-refractivity contribution in [1.29, 1.82) is 0 Å². The molecule has 0 aliphatic rings. The number of benzene rings is 1. The van der Waals surface area contributed by atoms with Crippen molar-refractivity contribution in [3.05, 3.63) is 41.9 Å². The summed E-state index contributed by atoms with van der Waals surface area (Å²) < 4.78 is 3.98. The summed E-state index contributed by atoms with van der Waals surface area (Å²) in [5.41, 5.74) is 10.0. The van der Waals surface area contributed by atoms with E-state index in [0.717, 1.165) is 29.0 Å². The largest absolute Gasteiger partial charge is 0.330 e. The van der Waals surface area contributed by atoms with Gasteiger partial charge >= 0.3 is 0 Å². The maximum Gasteiger partial charge on any atom is 0.139 e. The van der Waals surface area contributed by atoms with Gasteiger partial charge in [0, 0.05) is 12.6 Å². The van der Waals surface area contributed by atoms with Gasteiger partial charge in [0.1, 0.15) is 12.1 Å². The minimum Gasteiger partial charge on any atom is -0.330 e. The lowest BCUT2D eigenvalue weighted by molar-refractivity contribution is 0.725. The fourth-order valence-electron chi connectivity index (χ4n) is 2.56. The molecular formula is C14H17N5. The van der Waals surface area contributed by atoms with Crippen LogP contribution in [0.2, 0.25) is 0 Å². The zero-order valence-corrected chi connectivity index (χ0v) is 11.2. The number of nitrogens with zero attached hydrogens (tertiary/aromatic N) is 4. The average Bonchev–Trinajstić information content (AvgIpc) is 2.92. The second-order valence-corrected chi connectivity index (χ2v) is 4.65. The Bertz CT molecular complexity index is 723. The summed E-state index contributed by atoms with van der Waals surface area (Å²) in [5, 5.41) is 4.50. The van der Waals surface area contributed by atoms with Gasteiger partial charge in [-0.15, -0.1) is 0 Å². The van der Waals surface area contributed by atoms with Gasteiger partial charge in [-0.25, -0.2) is 4.98 Å². The molecule has 0 bridgehead atoms. The Kier molecular flexibility index (Phi) is 2.83. The molecule has 3 rings (SSSR count). The van der Waals surface area contributed by atoms with Crippen LogP contribution in [0.3, 0.4) is 0 Å². The van der Waals surface area contributed by atoms with Crippen molar-refractivity contribution in [1.82, 2.24) is 19.3 Å². The van der Waals surface area contributed by atoms with Crippen LogP contribution in [0.25, 0.3) is 16.9 Å². The van der Waals surface area contributed by atoms with Gasteiger partial charge in [-0.1, -0.05) is 12.1 Å². The molecule has 0 fully saturated rings. The lowest BCUT2D eigenvalue weighted by Crippen LogP contribution is -2.08. The number of para-hydroxylation sites is 2. The summed E-state index contributed by atoms with van der Waals surface area (Å²) in [5.74, 6) is 1.05. The van der Waals surface area contributed by atoms with Gasteiger partial charge in [0.2, 0.25) is 0 Å². The Morgan fingerprint density at radius 1 is 1.26 bits per heavy atom. The normalized spacial score (nSPS) is 11.3. The monoisotopic (exact) mass is 255 g/mol. The number of hydrogen-bond acceptors (Lipinski definition) is 3. The fraction of sp³-hybridized carbons (Fsp3) is 0.286. The van der Waals surface area contributed by atoms with E-state index in [-0.39, 0.29) is 0 Å². The molecule has 0 atom stereocenters. The molecule has 0 aliphatic heterocycles. The predicted molar refractivity (Wildman–Crippen MR) is 75.3 cm³/mol. The van der Waals surface area contributed by atoms with Gasteiger partial charge in [-0.3, -0.25) is 9.25 Å². The molecular weight excluding hydrogens is 238 g/mol. The molecule has 0 radical (unpaired) electrons. The molecule has 0 unspecified atom stereocenters. The quantitative estimate of drug-likeness (QED) is 0.772. The molecule has 1 aromatic carbocycles. The van der Waals surface area contributed by atoms with Gasteiger partial charge in [-0.05, 0) is 32.0 Å². The summed E-state index contributed by atoms with van der Waals surface area (Å²) in [6.45, 7) is 2.64. The van der Waals surface area contributed by atoms with Gasteiger partial charge in [0.25, 0.3) is 0 Å². The summed E-state index contributed by atoms with van der Waals surface area (Å²) in [6, 6.07) is 8.09. The molecule has 0 saturated carbocycles. The smallest absolute Gasteiger partial charge is 0.139 e. The first-order valence-electron chi connectivity index (χ1n) is 6.37. The van der Waals surface area contributed by atoms with Crippen LogP contribution in [0, 0.1) is 6.92 Å². The molecule has 2 N–H and O–H groups in total. The molecule has 19 heavy (non-hydrogen) atoms. The van der Waals surface area contributed by atoms with Crippen molar-refractivity contribution in [3.8, 4) is 5.82 Å². The third-order valence-electron chi connectivity index (χ3n) is 3.39. The first kappa shape index (κ1) is 11.9. The van der Waals surface area contributed by atoms with Crippen molar-refractivity contribution in [3.63, 3.8) is 0 Å². The van der Waals surface area contributed by atoms with E-state index in [1.807, 2.05) is 43.2 Å². The summed E-state index contributed by atoms with van der Waals surface area (Å²) in [4.78, 5) is 4.44. The van der Waals surface area contributed by atoms with Crippen LogP contribution in [0.5, 0.6) is 0 Å². The van der Waals surface area contributed by atoms with Crippen LogP contribution in [0.1, 0.15) is 11.3 Å². The molecule has 0 spiro atoms. The van der Waals surface area contributed by atoms with E-state index in [1.165, 1.54) is 5.56 Å². The zero-order chi connectivity index (χ0) is 13.4. The van der Waals surface area contributed by atoms with Crippen LogP contribution in [-0.4, -0.2) is 25.9 Å². The molecule has 0 saturated heterocycles. The lowest BCUT2D eigenvalue weighted by Gasteiger charge is -2.08. The Labute approximate surface area is 111 Å². The molecule has 2 aromatic heterocycles. The van der Waals surface area contributed by atoms with E-state index in [9.17, 15) is 0 Å². The summed E-state index contributed by atoms with van der Waals surface area (Å²) >= 11 is 0. The van der Waals surface area contributed by atoms with Crippen LogP contribution in [0.15, 0.2) is 30.6 Å². The van der Waals surface area contributed by atoms with Gasteiger partial charge in [-0.2, -0.15) is 5.10 Å². The number of fused-ring (bicyclic) bond motifs is 1. The third kappa shape index (κ3) is 1.82. The molecule has 98 valence electrons. The number of imidazole rings is 1. The van der Waals surface area contributed by atoms with Gasteiger partial charge in [0.05, 0.1) is 16.7 Å². The molecule has 5 heteroatoms. The van der Waals surface area contributed by atoms with Crippen molar-refractivity contribution in [2.75, 3.05) is 6.54 Å². The number of nitrogens with two attached hydrogens (primary N) is 1. The molecule has 0 aliphatic carbocycles. The van der Waals surface area contributed by atoms with Crippen LogP contribution in [-0.2, 0) is 13.5 Å². The summed E-state index contributed by atoms with van der Waals surface area (Å²) in [7, 11) is 1.96. The maximum atomic E-state index is 5.71. The number of hydrogen-bond donors (Lipinski definition) is 1. The maximum absolute atomic E-state index is 5.71. The van der Waals surface area contributed by atoms with E-state index >= 15 is 0 Å². The SMILES string of the molecule is Cc1nn(C)c(-n2cnc3ccccc32)c1CCN. The molecule has 0 amide bonds. The van der Waals surface area contributed by atoms with Crippen LogP contribution >= 0.6 is 0 Å². The lowest BCUT2D eigenvalue weighted by atomic mass is 10.1. The highest BCUT2D eigenvalue weighted by atomic mass is 15.3. The topological polar surface area (TPSA) is 61.7 Å². The van der Waals surface area contributed by atoms with E-state index < -0.39 is 0 Å². The highest BCUT2D eigenvalue weighted by molar-refractivity contribution is 5.77. The Morgan fingerprint density at radius 2 is 2.05 bits per heavy atom. The Balaban J connectivity index is 2.26. The van der Waals surface area contributed by atoms with Crippen molar-refractivity contribution in [2.24, 2.45) is 12.8 Å². The Hall–Kier alpha value is -2.14. The molecule has 5 nitrogen and oxygen atoms in total. The van der Waals surface area contributed by atoms with Crippen molar-refractivity contribution < 1.29 is 0 Å². The van der Waals surface area contributed by atoms with E-state index in [0.29, 0.717) is 6.54 Å². The molecule has 2 heterocycles. The highest BCUT2D eigenvalue weighted by Gasteiger charge is 2.16. The van der Waals surface area contributed by atoms with Gasteiger partial charge in [0.15, 0.2) is 0 Å². The number of aromatic nitrogens is 4. The first-order chi connectivity index (χ1) is 9.22. The summed E-state index contributed by atoms with van der Waals surface area (Å²) in [6.07, 6.45) is 2.67. The second-order valence-electron chi connectivity index (χ2n) is 4.65. The predicted octanol–water partition coefficient (Wildman–Crippen LogP) is 1.57. The second kappa shape index (κ2) is 4.51. The van der Waals surface area contributed by atoms with Crippen LogP contribution in [0.4, 0.5) is 0 Å². The van der Waals surface area contributed by atoms with E-state index in [1.54, 1.807) is 0 Å².